The first-order valence-corrected chi connectivity index (χ1v) is 7.65. The van der Waals surface area contributed by atoms with Gasteiger partial charge in [0.1, 0.15) is 11.6 Å². The van der Waals surface area contributed by atoms with E-state index in [9.17, 15) is 12.8 Å². The summed E-state index contributed by atoms with van der Waals surface area (Å²) in [5.41, 5.74) is 0.706. The van der Waals surface area contributed by atoms with E-state index >= 15 is 0 Å². The first kappa shape index (κ1) is 13.9. The SMILES string of the molecule is Cc1nsc(NS(=O)(=O)c2c(C)cc(F)cc2C)n1. The summed E-state index contributed by atoms with van der Waals surface area (Å²) in [6.07, 6.45) is 0. The van der Waals surface area contributed by atoms with Crippen LogP contribution in [0.5, 0.6) is 0 Å². The topological polar surface area (TPSA) is 72.0 Å². The van der Waals surface area contributed by atoms with Crippen LogP contribution in [-0.4, -0.2) is 17.8 Å². The first-order valence-electron chi connectivity index (χ1n) is 5.39. The quantitative estimate of drug-likeness (QED) is 0.945. The minimum Gasteiger partial charge on any atom is -0.253 e. The number of rotatable bonds is 3. The van der Waals surface area contributed by atoms with E-state index in [2.05, 4.69) is 14.1 Å². The van der Waals surface area contributed by atoms with Crippen molar-refractivity contribution in [1.29, 1.82) is 0 Å². The summed E-state index contributed by atoms with van der Waals surface area (Å²) in [4.78, 5) is 4.01. The summed E-state index contributed by atoms with van der Waals surface area (Å²) in [7, 11) is -3.79. The number of hydrogen-bond acceptors (Lipinski definition) is 5. The van der Waals surface area contributed by atoms with E-state index in [0.717, 1.165) is 11.5 Å². The molecule has 0 fully saturated rings. The molecule has 0 saturated heterocycles. The summed E-state index contributed by atoms with van der Waals surface area (Å²) in [5.74, 6) is 0.0379. The van der Waals surface area contributed by atoms with Gasteiger partial charge in [0.2, 0.25) is 5.13 Å². The highest BCUT2D eigenvalue weighted by Gasteiger charge is 2.21. The molecule has 1 aromatic heterocycles. The minimum absolute atomic E-state index is 0.0711. The van der Waals surface area contributed by atoms with E-state index in [-0.39, 0.29) is 10.0 Å². The third-order valence-corrected chi connectivity index (χ3v) is 4.94. The van der Waals surface area contributed by atoms with Crippen LogP contribution in [0.3, 0.4) is 0 Å². The maximum atomic E-state index is 13.2. The van der Waals surface area contributed by atoms with Gasteiger partial charge < -0.3 is 0 Å². The lowest BCUT2D eigenvalue weighted by atomic mass is 10.1. The lowest BCUT2D eigenvalue weighted by molar-refractivity contribution is 0.597. The van der Waals surface area contributed by atoms with Crippen LogP contribution in [0.25, 0.3) is 0 Å². The van der Waals surface area contributed by atoms with E-state index in [1.165, 1.54) is 12.1 Å². The Hall–Kier alpha value is -1.54. The molecular weight excluding hydrogens is 289 g/mol. The zero-order valence-corrected chi connectivity index (χ0v) is 12.2. The second kappa shape index (κ2) is 4.86. The third-order valence-electron chi connectivity index (χ3n) is 2.44. The van der Waals surface area contributed by atoms with Gasteiger partial charge in [-0.05, 0) is 44.0 Å². The number of benzene rings is 1. The fraction of sp³-hybridized carbons (Fsp3) is 0.273. The number of anilines is 1. The molecule has 5 nitrogen and oxygen atoms in total. The Kier molecular flexibility index (Phi) is 3.55. The molecule has 0 atom stereocenters. The molecule has 0 aliphatic carbocycles. The van der Waals surface area contributed by atoms with Crippen molar-refractivity contribution in [3.63, 3.8) is 0 Å². The van der Waals surface area contributed by atoms with Crippen LogP contribution in [0.15, 0.2) is 17.0 Å². The highest BCUT2D eigenvalue weighted by atomic mass is 32.2. The molecule has 19 heavy (non-hydrogen) atoms. The van der Waals surface area contributed by atoms with Crippen molar-refractivity contribution in [2.24, 2.45) is 0 Å². The van der Waals surface area contributed by atoms with Gasteiger partial charge in [0.15, 0.2) is 0 Å². The number of aromatic nitrogens is 2. The van der Waals surface area contributed by atoms with E-state index in [1.807, 2.05) is 0 Å². The molecular formula is C11H12FN3O2S2. The predicted octanol–water partition coefficient (Wildman–Crippen LogP) is 2.40. The van der Waals surface area contributed by atoms with Crippen LogP contribution in [0, 0.1) is 26.6 Å². The third kappa shape index (κ3) is 2.90. The molecule has 8 heteroatoms. The van der Waals surface area contributed by atoms with E-state index in [1.54, 1.807) is 20.8 Å². The monoisotopic (exact) mass is 301 g/mol. The van der Waals surface area contributed by atoms with Gasteiger partial charge in [-0.1, -0.05) is 0 Å². The van der Waals surface area contributed by atoms with Crippen LogP contribution < -0.4 is 4.72 Å². The number of nitrogens with zero attached hydrogens (tertiary/aromatic N) is 2. The van der Waals surface area contributed by atoms with Gasteiger partial charge in [0.05, 0.1) is 4.90 Å². The van der Waals surface area contributed by atoms with Crippen molar-refractivity contribution < 1.29 is 12.8 Å². The second-order valence-electron chi connectivity index (χ2n) is 4.12. The van der Waals surface area contributed by atoms with Crippen molar-refractivity contribution in [2.75, 3.05) is 4.72 Å². The number of sulfonamides is 1. The lowest BCUT2D eigenvalue weighted by Gasteiger charge is -2.11. The van der Waals surface area contributed by atoms with E-state index in [4.69, 9.17) is 0 Å². The van der Waals surface area contributed by atoms with Crippen molar-refractivity contribution in [3.8, 4) is 0 Å². The average molecular weight is 301 g/mol. The Labute approximate surface area is 114 Å². The Bertz CT molecular complexity index is 702. The van der Waals surface area contributed by atoms with Crippen LogP contribution >= 0.6 is 11.5 Å². The van der Waals surface area contributed by atoms with E-state index in [0.29, 0.717) is 17.0 Å². The van der Waals surface area contributed by atoms with Crippen molar-refractivity contribution >= 4 is 26.7 Å². The molecule has 102 valence electrons. The zero-order valence-electron chi connectivity index (χ0n) is 10.6. The number of halogens is 1. The molecule has 0 unspecified atom stereocenters. The Balaban J connectivity index is 2.45. The highest BCUT2D eigenvalue weighted by Crippen LogP contribution is 2.24. The molecule has 0 spiro atoms. The second-order valence-corrected chi connectivity index (χ2v) is 6.49. The maximum Gasteiger partial charge on any atom is 0.264 e. The summed E-state index contributed by atoms with van der Waals surface area (Å²) in [6.45, 7) is 4.77. The zero-order chi connectivity index (χ0) is 14.2. The molecule has 0 saturated carbocycles. The largest absolute Gasteiger partial charge is 0.264 e. The van der Waals surface area contributed by atoms with Gasteiger partial charge in [0.25, 0.3) is 10.0 Å². The van der Waals surface area contributed by atoms with Crippen molar-refractivity contribution in [2.45, 2.75) is 25.7 Å². The van der Waals surface area contributed by atoms with Crippen LogP contribution in [-0.2, 0) is 10.0 Å². The molecule has 0 aliphatic rings. The summed E-state index contributed by atoms with van der Waals surface area (Å²) in [5, 5.41) is 0.195. The maximum absolute atomic E-state index is 13.2. The standard InChI is InChI=1S/C11H12FN3O2S2/c1-6-4-9(12)5-7(2)10(6)19(16,17)15-11-13-8(3)14-18-11/h4-5H,1-3H3,(H,13,14,15). The molecule has 1 N–H and O–H groups in total. The van der Waals surface area contributed by atoms with Crippen LogP contribution in [0.2, 0.25) is 0 Å². The summed E-state index contributed by atoms with van der Waals surface area (Å²) in [6, 6.07) is 2.37. The summed E-state index contributed by atoms with van der Waals surface area (Å²) < 4.78 is 44.0. The molecule has 1 aromatic carbocycles. The van der Waals surface area contributed by atoms with Gasteiger partial charge >= 0.3 is 0 Å². The van der Waals surface area contributed by atoms with Crippen molar-refractivity contribution in [3.05, 3.63) is 34.9 Å². The molecule has 2 aromatic rings. The van der Waals surface area contributed by atoms with E-state index < -0.39 is 15.8 Å². The molecule has 0 radical (unpaired) electrons. The van der Waals surface area contributed by atoms with Crippen molar-refractivity contribution in [1.82, 2.24) is 9.36 Å². The van der Waals surface area contributed by atoms with Gasteiger partial charge in [-0.3, -0.25) is 4.72 Å². The van der Waals surface area contributed by atoms with Crippen LogP contribution in [0.4, 0.5) is 9.52 Å². The fourth-order valence-corrected chi connectivity index (χ4v) is 4.08. The Morgan fingerprint density at radius 3 is 2.26 bits per heavy atom. The lowest BCUT2D eigenvalue weighted by Crippen LogP contribution is -2.15. The Morgan fingerprint density at radius 2 is 1.79 bits per heavy atom. The molecule has 0 bridgehead atoms. The number of nitrogens with one attached hydrogen (secondary N) is 1. The Morgan fingerprint density at radius 1 is 1.21 bits per heavy atom. The fourth-order valence-electron chi connectivity index (χ4n) is 1.83. The highest BCUT2D eigenvalue weighted by molar-refractivity contribution is 7.93. The average Bonchev–Trinajstić information content (AvgIpc) is 2.60. The normalized spacial score (nSPS) is 11.6. The van der Waals surface area contributed by atoms with Gasteiger partial charge in [-0.15, -0.1) is 0 Å². The molecule has 0 aliphatic heterocycles. The molecule has 1 heterocycles. The van der Waals surface area contributed by atoms with Gasteiger partial charge in [-0.2, -0.15) is 4.37 Å². The molecule has 2 rings (SSSR count). The predicted molar refractivity (Wildman–Crippen MR) is 71.3 cm³/mol. The number of aryl methyl sites for hydroxylation is 3. The van der Waals surface area contributed by atoms with Gasteiger partial charge in [0, 0.05) is 11.5 Å². The smallest absolute Gasteiger partial charge is 0.253 e. The first-order chi connectivity index (χ1) is 8.79. The minimum atomic E-state index is -3.79. The van der Waals surface area contributed by atoms with Gasteiger partial charge in [-0.25, -0.2) is 17.8 Å². The summed E-state index contributed by atoms with van der Waals surface area (Å²) >= 11 is 0.960. The number of hydrogen-bond donors (Lipinski definition) is 1. The van der Waals surface area contributed by atoms with Crippen LogP contribution in [0.1, 0.15) is 17.0 Å². The molecule has 0 amide bonds.